The summed E-state index contributed by atoms with van der Waals surface area (Å²) in [7, 11) is 0. The second-order valence-corrected chi connectivity index (χ2v) is 5.17. The fourth-order valence-electron chi connectivity index (χ4n) is 1.77. The molecule has 0 atom stereocenters. The fraction of sp³-hybridized carbons (Fsp3) is 0.500. The second kappa shape index (κ2) is 5.39. The van der Waals surface area contributed by atoms with Gasteiger partial charge in [0.25, 0.3) is 0 Å². The summed E-state index contributed by atoms with van der Waals surface area (Å²) < 4.78 is 5.76. The van der Waals surface area contributed by atoms with E-state index in [1.54, 1.807) is 6.20 Å². The number of hydrogen-bond acceptors (Lipinski definition) is 5. The Balaban J connectivity index is 2.36. The summed E-state index contributed by atoms with van der Waals surface area (Å²) in [4.78, 5) is 17.2. The predicted octanol–water partition coefficient (Wildman–Crippen LogP) is 2.50. The lowest BCUT2D eigenvalue weighted by Gasteiger charge is -2.06. The number of hydrogen-bond donors (Lipinski definition) is 0. The van der Waals surface area contributed by atoms with Gasteiger partial charge in [0.2, 0.25) is 5.78 Å². The van der Waals surface area contributed by atoms with Crippen molar-refractivity contribution in [2.24, 2.45) is 0 Å². The van der Waals surface area contributed by atoms with Crippen LogP contribution in [0.4, 0.5) is 0 Å². The summed E-state index contributed by atoms with van der Waals surface area (Å²) in [6.07, 6.45) is 4.46. The van der Waals surface area contributed by atoms with Crippen LogP contribution in [0.25, 0.3) is 0 Å². The van der Waals surface area contributed by atoms with Gasteiger partial charge in [0.05, 0.1) is 5.69 Å². The van der Waals surface area contributed by atoms with Gasteiger partial charge in [-0.3, -0.25) is 4.79 Å². The van der Waals surface area contributed by atoms with E-state index in [-0.39, 0.29) is 11.7 Å². The van der Waals surface area contributed by atoms with E-state index >= 15 is 0 Å². The van der Waals surface area contributed by atoms with E-state index in [4.69, 9.17) is 0 Å². The van der Waals surface area contributed by atoms with Gasteiger partial charge >= 0.3 is 0 Å². The third-order valence-corrected chi connectivity index (χ3v) is 3.39. The van der Waals surface area contributed by atoms with Gasteiger partial charge < -0.3 is 4.57 Å². The summed E-state index contributed by atoms with van der Waals surface area (Å²) in [5.74, 6) is 0.592. The van der Waals surface area contributed by atoms with Crippen LogP contribution in [-0.4, -0.2) is 24.9 Å². The zero-order valence-electron chi connectivity index (χ0n) is 10.8. The number of aromatic nitrogens is 4. The molecular weight excluding hydrogens is 248 g/mol. The molecular formula is C12H16N4OS. The highest BCUT2D eigenvalue weighted by Crippen LogP contribution is 2.22. The molecule has 2 aromatic heterocycles. The van der Waals surface area contributed by atoms with Crippen molar-refractivity contribution in [3.05, 3.63) is 28.8 Å². The van der Waals surface area contributed by atoms with E-state index in [0.29, 0.717) is 10.7 Å². The maximum absolute atomic E-state index is 12.4. The number of ketones is 1. The SMILES string of the molecule is CCCn1ccnc1C(=O)c1snnc1C(C)C. The first-order valence-corrected chi connectivity index (χ1v) is 6.80. The number of carbonyl (C=O) groups excluding carboxylic acids is 1. The smallest absolute Gasteiger partial charge is 0.241 e. The van der Waals surface area contributed by atoms with Gasteiger partial charge in [0.1, 0.15) is 4.88 Å². The highest BCUT2D eigenvalue weighted by atomic mass is 32.1. The van der Waals surface area contributed by atoms with Crippen molar-refractivity contribution in [3.8, 4) is 0 Å². The first kappa shape index (κ1) is 12.9. The molecule has 0 bridgehead atoms. The number of imidazole rings is 1. The molecule has 6 heteroatoms. The largest absolute Gasteiger partial charge is 0.328 e. The van der Waals surface area contributed by atoms with Crippen LogP contribution in [0.5, 0.6) is 0 Å². The summed E-state index contributed by atoms with van der Waals surface area (Å²) in [6.45, 7) is 6.88. The molecule has 2 rings (SSSR count). The van der Waals surface area contributed by atoms with E-state index < -0.39 is 0 Å². The number of rotatable bonds is 5. The molecule has 0 amide bonds. The number of nitrogens with zero attached hydrogens (tertiary/aromatic N) is 4. The van der Waals surface area contributed by atoms with Crippen molar-refractivity contribution in [3.63, 3.8) is 0 Å². The quantitative estimate of drug-likeness (QED) is 0.778. The highest BCUT2D eigenvalue weighted by molar-refractivity contribution is 7.08. The van der Waals surface area contributed by atoms with E-state index in [0.717, 1.165) is 30.2 Å². The molecule has 96 valence electrons. The van der Waals surface area contributed by atoms with Crippen LogP contribution in [0, 0.1) is 0 Å². The summed E-state index contributed by atoms with van der Waals surface area (Å²) in [5, 5.41) is 4.03. The van der Waals surface area contributed by atoms with Crippen molar-refractivity contribution in [2.75, 3.05) is 0 Å². The maximum Gasteiger partial charge on any atom is 0.241 e. The lowest BCUT2D eigenvalue weighted by Crippen LogP contribution is -2.12. The molecule has 0 saturated heterocycles. The Kier molecular flexibility index (Phi) is 3.86. The van der Waals surface area contributed by atoms with Crippen LogP contribution < -0.4 is 0 Å². The van der Waals surface area contributed by atoms with Gasteiger partial charge in [-0.25, -0.2) is 4.98 Å². The van der Waals surface area contributed by atoms with E-state index in [2.05, 4.69) is 21.5 Å². The standard InChI is InChI=1S/C12H16N4OS/c1-4-6-16-7-5-13-12(16)10(17)11-9(8(2)3)14-15-18-11/h5,7-8H,4,6H2,1-3H3. The van der Waals surface area contributed by atoms with Gasteiger partial charge in [-0.05, 0) is 23.9 Å². The van der Waals surface area contributed by atoms with Crippen LogP contribution >= 0.6 is 11.5 Å². The van der Waals surface area contributed by atoms with Crippen molar-refractivity contribution in [1.82, 2.24) is 19.1 Å². The average Bonchev–Trinajstić information content (AvgIpc) is 2.96. The van der Waals surface area contributed by atoms with Crippen LogP contribution in [0.15, 0.2) is 12.4 Å². The molecule has 2 aromatic rings. The first-order chi connectivity index (χ1) is 8.65. The van der Waals surface area contributed by atoms with Gasteiger partial charge in [-0.2, -0.15) is 0 Å². The molecule has 0 unspecified atom stereocenters. The minimum absolute atomic E-state index is 0.0767. The van der Waals surface area contributed by atoms with Crippen molar-refractivity contribution in [1.29, 1.82) is 0 Å². The van der Waals surface area contributed by atoms with Crippen LogP contribution in [-0.2, 0) is 6.54 Å². The summed E-state index contributed by atoms with van der Waals surface area (Å²) >= 11 is 1.15. The highest BCUT2D eigenvalue weighted by Gasteiger charge is 2.23. The van der Waals surface area contributed by atoms with Crippen molar-refractivity contribution >= 4 is 17.3 Å². The Labute approximate surface area is 110 Å². The monoisotopic (exact) mass is 264 g/mol. The molecule has 0 aromatic carbocycles. The Hall–Kier alpha value is -1.56. The third-order valence-electron chi connectivity index (χ3n) is 2.65. The first-order valence-electron chi connectivity index (χ1n) is 6.03. The zero-order chi connectivity index (χ0) is 13.1. The molecule has 0 saturated carbocycles. The Morgan fingerprint density at radius 1 is 1.50 bits per heavy atom. The molecule has 2 heterocycles. The normalized spacial score (nSPS) is 11.1. The zero-order valence-corrected chi connectivity index (χ0v) is 11.6. The number of carbonyl (C=O) groups is 1. The third kappa shape index (κ3) is 2.33. The second-order valence-electron chi connectivity index (χ2n) is 4.42. The summed E-state index contributed by atoms with van der Waals surface area (Å²) in [5.41, 5.74) is 0.760. The summed E-state index contributed by atoms with van der Waals surface area (Å²) in [6, 6.07) is 0. The molecule has 0 aliphatic heterocycles. The van der Waals surface area contributed by atoms with E-state index in [9.17, 15) is 4.79 Å². The van der Waals surface area contributed by atoms with Crippen molar-refractivity contribution in [2.45, 2.75) is 39.7 Å². The molecule has 0 radical (unpaired) electrons. The van der Waals surface area contributed by atoms with Gasteiger partial charge in [0, 0.05) is 18.9 Å². The molecule has 0 aliphatic carbocycles. The topological polar surface area (TPSA) is 60.7 Å². The minimum atomic E-state index is -0.0767. The maximum atomic E-state index is 12.4. The molecule has 5 nitrogen and oxygen atoms in total. The fourth-order valence-corrected chi connectivity index (χ4v) is 2.53. The molecule has 0 aliphatic rings. The van der Waals surface area contributed by atoms with Crippen LogP contribution in [0.3, 0.4) is 0 Å². The van der Waals surface area contributed by atoms with Gasteiger partial charge in [-0.1, -0.05) is 25.3 Å². The molecule has 0 spiro atoms. The Bertz CT molecular complexity index is 544. The van der Waals surface area contributed by atoms with Gasteiger partial charge in [0.15, 0.2) is 5.82 Å². The lowest BCUT2D eigenvalue weighted by molar-refractivity contribution is 0.102. The van der Waals surface area contributed by atoms with E-state index in [1.165, 1.54) is 0 Å². The predicted molar refractivity (Wildman–Crippen MR) is 69.9 cm³/mol. The number of aryl methyl sites for hydroxylation is 1. The Morgan fingerprint density at radius 3 is 2.94 bits per heavy atom. The minimum Gasteiger partial charge on any atom is -0.328 e. The molecule has 18 heavy (non-hydrogen) atoms. The van der Waals surface area contributed by atoms with Crippen LogP contribution in [0.2, 0.25) is 0 Å². The lowest BCUT2D eigenvalue weighted by atomic mass is 10.1. The van der Waals surface area contributed by atoms with E-state index in [1.807, 2.05) is 24.6 Å². The van der Waals surface area contributed by atoms with Crippen molar-refractivity contribution < 1.29 is 4.79 Å². The Morgan fingerprint density at radius 2 is 2.28 bits per heavy atom. The molecule has 0 N–H and O–H groups in total. The molecule has 0 fully saturated rings. The van der Waals surface area contributed by atoms with Gasteiger partial charge in [-0.15, -0.1) is 5.10 Å². The average molecular weight is 264 g/mol. The van der Waals surface area contributed by atoms with Crippen LogP contribution in [0.1, 0.15) is 54.3 Å².